The van der Waals surface area contributed by atoms with Crippen molar-refractivity contribution in [2.45, 2.75) is 20.4 Å². The Kier molecular flexibility index (Phi) is 6.41. The Labute approximate surface area is 148 Å². The van der Waals surface area contributed by atoms with E-state index in [1.807, 2.05) is 31.2 Å². The van der Waals surface area contributed by atoms with E-state index in [0.29, 0.717) is 24.4 Å². The first-order chi connectivity index (χ1) is 11.9. The Morgan fingerprint density at radius 2 is 1.80 bits per heavy atom. The summed E-state index contributed by atoms with van der Waals surface area (Å²) in [5, 5.41) is 2.83. The van der Waals surface area contributed by atoms with Crippen molar-refractivity contribution >= 4 is 21.6 Å². The van der Waals surface area contributed by atoms with Gasteiger partial charge in [-0.15, -0.1) is 0 Å². The predicted octanol–water partition coefficient (Wildman–Crippen LogP) is 2.78. The molecule has 0 spiro atoms. The highest BCUT2D eigenvalue weighted by Crippen LogP contribution is 2.14. The Morgan fingerprint density at radius 3 is 2.44 bits per heavy atom. The minimum absolute atomic E-state index is 0.00392. The number of nitrogens with one attached hydrogen (secondary N) is 2. The van der Waals surface area contributed by atoms with Gasteiger partial charge in [-0.1, -0.05) is 12.1 Å². The number of rotatable bonds is 8. The van der Waals surface area contributed by atoms with Gasteiger partial charge in [0.15, 0.2) is 0 Å². The highest BCUT2D eigenvalue weighted by molar-refractivity contribution is 7.92. The third kappa shape index (κ3) is 5.79. The number of ether oxygens (including phenoxy) is 1. The molecule has 0 fully saturated rings. The molecule has 0 atom stereocenters. The molecule has 2 rings (SSSR count). The lowest BCUT2D eigenvalue weighted by Gasteiger charge is -2.09. The maximum atomic E-state index is 12.2. The molecule has 0 bridgehead atoms. The zero-order chi connectivity index (χ0) is 18.3. The van der Waals surface area contributed by atoms with E-state index < -0.39 is 10.0 Å². The fraction of sp³-hybridized carbons (Fsp3) is 0.278. The lowest BCUT2D eigenvalue weighted by atomic mass is 10.1. The molecule has 0 unspecified atom stereocenters. The summed E-state index contributed by atoms with van der Waals surface area (Å²) in [6, 6.07) is 13.8. The topological polar surface area (TPSA) is 84.5 Å². The molecule has 1 amide bonds. The standard InChI is InChI=1S/C18H22N2O4S/c1-3-24-17-7-5-6-14(12-17)13-19-18(21)15-8-10-16(11-9-15)20-25(22,23)4-2/h5-12,20H,3-4,13H2,1-2H3,(H,19,21). The summed E-state index contributed by atoms with van der Waals surface area (Å²) in [5.41, 5.74) is 1.83. The van der Waals surface area contributed by atoms with Crippen LogP contribution in [0.3, 0.4) is 0 Å². The molecule has 0 saturated carbocycles. The van der Waals surface area contributed by atoms with E-state index in [1.54, 1.807) is 31.2 Å². The van der Waals surface area contributed by atoms with Gasteiger partial charge in [-0.2, -0.15) is 0 Å². The Morgan fingerprint density at radius 1 is 1.08 bits per heavy atom. The summed E-state index contributed by atoms with van der Waals surface area (Å²) in [5.74, 6) is 0.532. The van der Waals surface area contributed by atoms with Gasteiger partial charge in [0.1, 0.15) is 5.75 Å². The Hall–Kier alpha value is -2.54. The fourth-order valence-corrected chi connectivity index (χ4v) is 2.78. The van der Waals surface area contributed by atoms with E-state index in [9.17, 15) is 13.2 Å². The first-order valence-electron chi connectivity index (χ1n) is 8.04. The van der Waals surface area contributed by atoms with Gasteiger partial charge in [-0.25, -0.2) is 8.42 Å². The summed E-state index contributed by atoms with van der Waals surface area (Å²) in [6.07, 6.45) is 0. The average Bonchev–Trinajstić information content (AvgIpc) is 2.61. The number of benzene rings is 2. The first kappa shape index (κ1) is 18.8. The molecule has 0 aromatic heterocycles. The van der Waals surface area contributed by atoms with Crippen molar-refractivity contribution in [2.24, 2.45) is 0 Å². The van der Waals surface area contributed by atoms with Crippen molar-refractivity contribution in [1.82, 2.24) is 5.32 Å². The van der Waals surface area contributed by atoms with Crippen molar-refractivity contribution < 1.29 is 17.9 Å². The van der Waals surface area contributed by atoms with Crippen molar-refractivity contribution in [3.63, 3.8) is 0 Å². The lowest BCUT2D eigenvalue weighted by Crippen LogP contribution is -2.22. The fourth-order valence-electron chi connectivity index (χ4n) is 2.14. The van der Waals surface area contributed by atoms with Crippen molar-refractivity contribution in [2.75, 3.05) is 17.1 Å². The van der Waals surface area contributed by atoms with E-state index >= 15 is 0 Å². The molecule has 6 nitrogen and oxygen atoms in total. The number of anilines is 1. The van der Waals surface area contributed by atoms with Crippen LogP contribution in [0, 0.1) is 0 Å². The van der Waals surface area contributed by atoms with Crippen LogP contribution in [-0.2, 0) is 16.6 Å². The summed E-state index contributed by atoms with van der Waals surface area (Å²) in [6.45, 7) is 4.44. The monoisotopic (exact) mass is 362 g/mol. The molecule has 2 aromatic carbocycles. The molecule has 0 saturated heterocycles. The molecule has 0 aliphatic rings. The average molecular weight is 362 g/mol. The molecule has 0 aliphatic heterocycles. The van der Waals surface area contributed by atoms with Gasteiger partial charge in [0.2, 0.25) is 10.0 Å². The van der Waals surface area contributed by atoms with Crippen LogP contribution in [0.2, 0.25) is 0 Å². The Balaban J connectivity index is 1.96. The third-order valence-electron chi connectivity index (χ3n) is 3.46. The lowest BCUT2D eigenvalue weighted by molar-refractivity contribution is 0.0951. The van der Waals surface area contributed by atoms with Crippen LogP contribution in [0.25, 0.3) is 0 Å². The first-order valence-corrected chi connectivity index (χ1v) is 9.69. The number of carbonyl (C=O) groups is 1. The van der Waals surface area contributed by atoms with E-state index in [1.165, 1.54) is 0 Å². The second-order valence-corrected chi connectivity index (χ2v) is 7.36. The second kappa shape index (κ2) is 8.53. The van der Waals surface area contributed by atoms with Gasteiger partial charge < -0.3 is 10.1 Å². The maximum absolute atomic E-state index is 12.2. The van der Waals surface area contributed by atoms with Crippen molar-refractivity contribution in [3.8, 4) is 5.75 Å². The van der Waals surface area contributed by atoms with Gasteiger partial charge >= 0.3 is 0 Å². The maximum Gasteiger partial charge on any atom is 0.251 e. The smallest absolute Gasteiger partial charge is 0.251 e. The predicted molar refractivity (Wildman–Crippen MR) is 98.3 cm³/mol. The molecule has 0 radical (unpaired) electrons. The summed E-state index contributed by atoms with van der Waals surface area (Å²) >= 11 is 0. The highest BCUT2D eigenvalue weighted by atomic mass is 32.2. The number of amides is 1. The third-order valence-corrected chi connectivity index (χ3v) is 4.77. The minimum Gasteiger partial charge on any atom is -0.494 e. The number of hydrogen-bond acceptors (Lipinski definition) is 4. The van der Waals surface area contributed by atoms with E-state index in [2.05, 4.69) is 10.0 Å². The molecule has 25 heavy (non-hydrogen) atoms. The van der Waals surface area contributed by atoms with Gasteiger partial charge in [0.05, 0.1) is 12.4 Å². The molecule has 0 heterocycles. The number of sulfonamides is 1. The van der Waals surface area contributed by atoms with Crippen LogP contribution in [0.4, 0.5) is 5.69 Å². The van der Waals surface area contributed by atoms with Crippen LogP contribution in [0.1, 0.15) is 29.8 Å². The van der Waals surface area contributed by atoms with E-state index in [0.717, 1.165) is 11.3 Å². The highest BCUT2D eigenvalue weighted by Gasteiger charge is 2.09. The van der Waals surface area contributed by atoms with E-state index in [4.69, 9.17) is 4.74 Å². The molecular weight excluding hydrogens is 340 g/mol. The van der Waals surface area contributed by atoms with E-state index in [-0.39, 0.29) is 11.7 Å². The van der Waals surface area contributed by atoms with Crippen molar-refractivity contribution in [3.05, 3.63) is 59.7 Å². The summed E-state index contributed by atoms with van der Waals surface area (Å²) in [4.78, 5) is 12.2. The van der Waals surface area contributed by atoms with Crippen LogP contribution < -0.4 is 14.8 Å². The zero-order valence-electron chi connectivity index (χ0n) is 14.3. The largest absolute Gasteiger partial charge is 0.494 e. The summed E-state index contributed by atoms with van der Waals surface area (Å²) in [7, 11) is -3.32. The molecule has 134 valence electrons. The van der Waals surface area contributed by atoms with Crippen molar-refractivity contribution in [1.29, 1.82) is 0 Å². The molecule has 2 aromatic rings. The normalized spacial score (nSPS) is 11.0. The quantitative estimate of drug-likeness (QED) is 0.756. The molecule has 0 aliphatic carbocycles. The SMILES string of the molecule is CCOc1cccc(CNC(=O)c2ccc(NS(=O)(=O)CC)cc2)c1. The van der Waals surface area contributed by atoms with Crippen LogP contribution in [0.15, 0.2) is 48.5 Å². The second-order valence-electron chi connectivity index (χ2n) is 5.35. The van der Waals surface area contributed by atoms with Gasteiger partial charge in [0, 0.05) is 17.8 Å². The number of hydrogen-bond donors (Lipinski definition) is 2. The van der Waals surface area contributed by atoms with Gasteiger partial charge in [0.25, 0.3) is 5.91 Å². The van der Waals surface area contributed by atoms with Crippen LogP contribution >= 0.6 is 0 Å². The van der Waals surface area contributed by atoms with Crippen LogP contribution in [0.5, 0.6) is 5.75 Å². The minimum atomic E-state index is -3.32. The zero-order valence-corrected chi connectivity index (χ0v) is 15.1. The van der Waals surface area contributed by atoms with Crippen LogP contribution in [-0.4, -0.2) is 26.7 Å². The summed E-state index contributed by atoms with van der Waals surface area (Å²) < 4.78 is 30.9. The van der Waals surface area contributed by atoms with Gasteiger partial charge in [-0.05, 0) is 55.8 Å². The van der Waals surface area contributed by atoms with Gasteiger partial charge in [-0.3, -0.25) is 9.52 Å². The number of carbonyl (C=O) groups excluding carboxylic acids is 1. The molecular formula is C18H22N2O4S. The molecule has 7 heteroatoms. The molecule has 2 N–H and O–H groups in total. The Bertz CT molecular complexity index is 817.